The van der Waals surface area contributed by atoms with Crippen LogP contribution in [0.15, 0.2) is 0 Å². The average Bonchev–Trinajstić information content (AvgIpc) is 2.38. The Morgan fingerprint density at radius 2 is 1.95 bits per heavy atom. The fourth-order valence-electron chi connectivity index (χ4n) is 2.57. The standard InChI is InChI=1S/C13H23F3N2O/c1-3-10(4-2)18(9-13(14,15)16)12(19)11-7-5-6-8-17-11/h10-11,17H,3-9H2,1-2H3. The Balaban J connectivity index is 2.78. The monoisotopic (exact) mass is 280 g/mol. The maximum Gasteiger partial charge on any atom is 0.406 e. The minimum atomic E-state index is -4.34. The minimum absolute atomic E-state index is 0.335. The van der Waals surface area contributed by atoms with Crippen molar-refractivity contribution in [3.05, 3.63) is 0 Å². The average molecular weight is 280 g/mol. The van der Waals surface area contributed by atoms with Crippen LogP contribution in [0.2, 0.25) is 0 Å². The first-order valence-corrected chi connectivity index (χ1v) is 6.99. The summed E-state index contributed by atoms with van der Waals surface area (Å²) in [6.45, 7) is 3.20. The zero-order valence-electron chi connectivity index (χ0n) is 11.6. The lowest BCUT2D eigenvalue weighted by molar-refractivity contribution is -0.167. The van der Waals surface area contributed by atoms with Crippen LogP contribution in [0.5, 0.6) is 0 Å². The first-order chi connectivity index (χ1) is 8.89. The second-order valence-electron chi connectivity index (χ2n) is 5.05. The van der Waals surface area contributed by atoms with E-state index in [1.807, 2.05) is 13.8 Å². The SMILES string of the molecule is CCC(CC)N(CC(F)(F)F)C(=O)C1CCCCN1. The van der Waals surface area contributed by atoms with E-state index in [4.69, 9.17) is 0 Å². The number of hydrogen-bond acceptors (Lipinski definition) is 2. The molecule has 0 spiro atoms. The van der Waals surface area contributed by atoms with Crippen molar-refractivity contribution in [2.45, 2.75) is 64.2 Å². The van der Waals surface area contributed by atoms with Crippen LogP contribution in [0.25, 0.3) is 0 Å². The van der Waals surface area contributed by atoms with Crippen LogP contribution in [-0.4, -0.2) is 42.2 Å². The van der Waals surface area contributed by atoms with Gasteiger partial charge >= 0.3 is 6.18 Å². The van der Waals surface area contributed by atoms with Crippen molar-refractivity contribution in [3.63, 3.8) is 0 Å². The van der Waals surface area contributed by atoms with E-state index in [1.165, 1.54) is 0 Å². The summed E-state index contributed by atoms with van der Waals surface area (Å²) in [7, 11) is 0. The molecule has 0 aromatic rings. The Hall–Kier alpha value is -0.780. The van der Waals surface area contributed by atoms with E-state index in [-0.39, 0.29) is 6.04 Å². The normalized spacial score (nSPS) is 20.6. The van der Waals surface area contributed by atoms with Crippen LogP contribution in [-0.2, 0) is 4.79 Å². The molecule has 1 heterocycles. The molecule has 1 saturated heterocycles. The number of rotatable bonds is 5. The first-order valence-electron chi connectivity index (χ1n) is 6.99. The van der Waals surface area contributed by atoms with Gasteiger partial charge in [-0.25, -0.2) is 0 Å². The Labute approximate surface area is 112 Å². The largest absolute Gasteiger partial charge is 0.406 e. The molecule has 1 amide bonds. The summed E-state index contributed by atoms with van der Waals surface area (Å²) in [6.07, 6.45) is -0.740. The lowest BCUT2D eigenvalue weighted by atomic mass is 10.0. The highest BCUT2D eigenvalue weighted by Gasteiger charge is 2.38. The summed E-state index contributed by atoms with van der Waals surface area (Å²) in [5.41, 5.74) is 0. The number of nitrogens with one attached hydrogen (secondary N) is 1. The van der Waals surface area contributed by atoms with E-state index in [2.05, 4.69) is 5.32 Å². The molecule has 3 nitrogen and oxygen atoms in total. The third-order valence-electron chi connectivity index (χ3n) is 3.62. The number of hydrogen-bond donors (Lipinski definition) is 1. The van der Waals surface area contributed by atoms with Crippen molar-refractivity contribution in [2.75, 3.05) is 13.1 Å². The van der Waals surface area contributed by atoms with Crippen LogP contribution in [0, 0.1) is 0 Å². The molecule has 1 aliphatic rings. The smallest absolute Gasteiger partial charge is 0.329 e. The van der Waals surface area contributed by atoms with E-state index in [1.54, 1.807) is 0 Å². The number of carbonyl (C=O) groups excluding carboxylic acids is 1. The van der Waals surface area contributed by atoms with Crippen LogP contribution in [0.3, 0.4) is 0 Å². The molecule has 112 valence electrons. The molecule has 0 aliphatic carbocycles. The Morgan fingerprint density at radius 1 is 1.32 bits per heavy atom. The molecule has 6 heteroatoms. The van der Waals surface area contributed by atoms with Crippen molar-refractivity contribution in [3.8, 4) is 0 Å². The lowest BCUT2D eigenvalue weighted by Gasteiger charge is -2.35. The fourth-order valence-corrected chi connectivity index (χ4v) is 2.57. The van der Waals surface area contributed by atoms with Gasteiger partial charge in [0.05, 0.1) is 6.04 Å². The quantitative estimate of drug-likeness (QED) is 0.840. The molecular weight excluding hydrogens is 257 g/mol. The molecule has 0 saturated carbocycles. The summed E-state index contributed by atoms with van der Waals surface area (Å²) in [6, 6.07) is -0.783. The second kappa shape index (κ2) is 7.12. The van der Waals surface area contributed by atoms with Gasteiger partial charge in [0.25, 0.3) is 0 Å². The molecule has 1 atom stereocenters. The lowest BCUT2D eigenvalue weighted by Crippen LogP contribution is -2.54. The highest BCUT2D eigenvalue weighted by Crippen LogP contribution is 2.22. The molecule has 1 fully saturated rings. The molecule has 0 aromatic carbocycles. The van der Waals surface area contributed by atoms with Gasteiger partial charge in [-0.3, -0.25) is 4.79 Å². The molecule has 0 bridgehead atoms. The molecule has 1 rings (SSSR count). The van der Waals surface area contributed by atoms with Crippen LogP contribution in [0.4, 0.5) is 13.2 Å². The number of carbonyl (C=O) groups is 1. The van der Waals surface area contributed by atoms with Crippen LogP contribution in [0.1, 0.15) is 46.0 Å². The van der Waals surface area contributed by atoms with E-state index >= 15 is 0 Å². The molecule has 1 N–H and O–H groups in total. The predicted molar refractivity (Wildman–Crippen MR) is 67.8 cm³/mol. The van der Waals surface area contributed by atoms with E-state index < -0.39 is 24.7 Å². The van der Waals surface area contributed by atoms with Gasteiger partial charge in [0, 0.05) is 6.04 Å². The molecular formula is C13H23F3N2O. The van der Waals surface area contributed by atoms with Gasteiger partial charge in [0.15, 0.2) is 0 Å². The molecule has 19 heavy (non-hydrogen) atoms. The topological polar surface area (TPSA) is 32.3 Å². The van der Waals surface area contributed by atoms with Crippen molar-refractivity contribution >= 4 is 5.91 Å². The van der Waals surface area contributed by atoms with Crippen LogP contribution >= 0.6 is 0 Å². The predicted octanol–water partition coefficient (Wildman–Crippen LogP) is 2.71. The van der Waals surface area contributed by atoms with Crippen LogP contribution < -0.4 is 5.32 Å². The van der Waals surface area contributed by atoms with Crippen molar-refractivity contribution in [2.24, 2.45) is 0 Å². The van der Waals surface area contributed by atoms with E-state index in [0.29, 0.717) is 25.8 Å². The Kier molecular flexibility index (Phi) is 6.10. The van der Waals surface area contributed by atoms with Crippen molar-refractivity contribution in [1.82, 2.24) is 10.2 Å². The van der Waals surface area contributed by atoms with Crippen molar-refractivity contribution in [1.29, 1.82) is 0 Å². The summed E-state index contributed by atoms with van der Waals surface area (Å²) >= 11 is 0. The second-order valence-corrected chi connectivity index (χ2v) is 5.05. The third kappa shape index (κ3) is 5.01. The zero-order valence-corrected chi connectivity index (χ0v) is 11.6. The van der Waals surface area contributed by atoms with E-state index in [0.717, 1.165) is 17.7 Å². The molecule has 0 aromatic heterocycles. The number of piperidine rings is 1. The number of halogens is 3. The molecule has 0 radical (unpaired) electrons. The first kappa shape index (κ1) is 16.3. The van der Waals surface area contributed by atoms with Gasteiger partial charge < -0.3 is 10.2 Å². The van der Waals surface area contributed by atoms with E-state index in [9.17, 15) is 18.0 Å². The Bertz CT molecular complexity index is 284. The van der Waals surface area contributed by atoms with Gasteiger partial charge in [-0.05, 0) is 32.2 Å². The summed E-state index contributed by atoms with van der Waals surface area (Å²) in [4.78, 5) is 13.3. The van der Waals surface area contributed by atoms with Gasteiger partial charge in [-0.2, -0.15) is 13.2 Å². The van der Waals surface area contributed by atoms with Gasteiger partial charge in [0.2, 0.25) is 5.91 Å². The summed E-state index contributed by atoms with van der Waals surface area (Å²) < 4.78 is 38.0. The number of alkyl halides is 3. The van der Waals surface area contributed by atoms with Gasteiger partial charge in [0.1, 0.15) is 6.54 Å². The molecule has 1 unspecified atom stereocenters. The summed E-state index contributed by atoms with van der Waals surface area (Å²) in [5, 5.41) is 3.03. The Morgan fingerprint density at radius 3 is 2.37 bits per heavy atom. The summed E-state index contributed by atoms with van der Waals surface area (Å²) in [5.74, 6) is -0.397. The highest BCUT2D eigenvalue weighted by atomic mass is 19.4. The maximum absolute atomic E-state index is 12.7. The van der Waals surface area contributed by atoms with Gasteiger partial charge in [-0.15, -0.1) is 0 Å². The minimum Gasteiger partial charge on any atom is -0.329 e. The zero-order chi connectivity index (χ0) is 14.5. The highest BCUT2D eigenvalue weighted by molar-refractivity contribution is 5.82. The number of nitrogens with zero attached hydrogens (tertiary/aromatic N) is 1. The van der Waals surface area contributed by atoms with Gasteiger partial charge in [-0.1, -0.05) is 20.3 Å². The molecule has 1 aliphatic heterocycles. The third-order valence-corrected chi connectivity index (χ3v) is 3.62. The fraction of sp³-hybridized carbons (Fsp3) is 0.923. The van der Waals surface area contributed by atoms with Crippen molar-refractivity contribution < 1.29 is 18.0 Å². The number of amides is 1. The maximum atomic E-state index is 12.7.